The molecular formula is C25H35ClN4O4. The van der Waals surface area contributed by atoms with Crippen LogP contribution in [-0.2, 0) is 16.1 Å². The highest BCUT2D eigenvalue weighted by Gasteiger charge is 2.47. The molecule has 1 amide bonds. The molecule has 2 aliphatic heterocycles. The Morgan fingerprint density at radius 3 is 2.53 bits per heavy atom. The number of hydrogen-bond donors (Lipinski definition) is 3. The molecule has 9 heteroatoms. The first-order valence-corrected chi connectivity index (χ1v) is 12.5. The molecule has 1 aromatic carbocycles. The summed E-state index contributed by atoms with van der Waals surface area (Å²) in [6.45, 7) is 5.26. The summed E-state index contributed by atoms with van der Waals surface area (Å²) in [6.07, 6.45) is 5.96. The number of nitrogens with one attached hydrogen (secondary N) is 1. The van der Waals surface area contributed by atoms with Gasteiger partial charge < -0.3 is 30.1 Å². The first kappa shape index (κ1) is 24.9. The van der Waals surface area contributed by atoms with Gasteiger partial charge in [0.15, 0.2) is 0 Å². The van der Waals surface area contributed by atoms with Crippen molar-refractivity contribution in [3.8, 4) is 0 Å². The van der Waals surface area contributed by atoms with E-state index in [1.54, 1.807) is 4.90 Å². The Morgan fingerprint density at radius 1 is 1.12 bits per heavy atom. The fraction of sp³-hybridized carbons (Fsp3) is 0.560. The van der Waals surface area contributed by atoms with Gasteiger partial charge in [-0.25, -0.2) is 0 Å². The first-order valence-electron chi connectivity index (χ1n) is 12.2. The Labute approximate surface area is 206 Å². The van der Waals surface area contributed by atoms with Gasteiger partial charge >= 0.3 is 0 Å². The van der Waals surface area contributed by atoms with Crippen LogP contribution in [0, 0.1) is 5.92 Å². The molecule has 8 nitrogen and oxygen atoms in total. The molecule has 0 radical (unpaired) electrons. The number of allylic oxidation sites excluding steroid dienone is 1. The number of aliphatic hydroxyl groups excluding tert-OH is 2. The molecule has 4 unspecified atom stereocenters. The highest BCUT2D eigenvalue weighted by molar-refractivity contribution is 6.30. The van der Waals surface area contributed by atoms with Crippen LogP contribution in [0.15, 0.2) is 47.9 Å². The lowest BCUT2D eigenvalue weighted by Crippen LogP contribution is -2.57. The van der Waals surface area contributed by atoms with E-state index in [0.29, 0.717) is 42.0 Å². The molecule has 3 aliphatic rings. The molecule has 1 aliphatic carbocycles. The summed E-state index contributed by atoms with van der Waals surface area (Å²) in [5.41, 5.74) is 1.47. The monoisotopic (exact) mass is 490 g/mol. The molecule has 34 heavy (non-hydrogen) atoms. The van der Waals surface area contributed by atoms with Crippen molar-refractivity contribution >= 4 is 17.5 Å². The van der Waals surface area contributed by atoms with Gasteiger partial charge in [-0.2, -0.15) is 0 Å². The molecule has 0 saturated heterocycles. The predicted molar refractivity (Wildman–Crippen MR) is 130 cm³/mol. The van der Waals surface area contributed by atoms with Crippen LogP contribution in [-0.4, -0.2) is 69.3 Å². The summed E-state index contributed by atoms with van der Waals surface area (Å²) in [5.74, 6) is 0.717. The highest BCUT2D eigenvalue weighted by atomic mass is 35.5. The fourth-order valence-corrected chi connectivity index (χ4v) is 5.05. The van der Waals surface area contributed by atoms with Crippen LogP contribution < -0.4 is 5.32 Å². The van der Waals surface area contributed by atoms with Crippen LogP contribution in [0.25, 0.3) is 0 Å². The quantitative estimate of drug-likeness (QED) is 0.459. The van der Waals surface area contributed by atoms with Gasteiger partial charge in [-0.15, -0.1) is 0 Å². The number of hydrogen-bond acceptors (Lipinski definition) is 7. The molecule has 3 N–H and O–H groups in total. The Hall–Kier alpha value is -2.26. The Kier molecular flexibility index (Phi) is 8.03. The van der Waals surface area contributed by atoms with E-state index < -0.39 is 12.7 Å². The van der Waals surface area contributed by atoms with Crippen molar-refractivity contribution in [3.63, 3.8) is 0 Å². The minimum Gasteiger partial charge on any atom is -0.396 e. The molecule has 0 fully saturated rings. The summed E-state index contributed by atoms with van der Waals surface area (Å²) in [7, 11) is 0. The molecule has 0 aromatic heterocycles. The van der Waals surface area contributed by atoms with Crippen molar-refractivity contribution in [2.75, 3.05) is 19.7 Å². The van der Waals surface area contributed by atoms with E-state index in [4.69, 9.17) is 16.3 Å². The average molecular weight is 491 g/mol. The maximum atomic E-state index is 13.6. The number of carbonyl (C=O) groups excluding carboxylic acids is 1. The zero-order chi connectivity index (χ0) is 24.2. The normalized spacial score (nSPS) is 26.9. The number of halogens is 1. The summed E-state index contributed by atoms with van der Waals surface area (Å²) >= 11 is 6.09. The molecule has 4 atom stereocenters. The number of benzene rings is 1. The summed E-state index contributed by atoms with van der Waals surface area (Å²) in [4.78, 5) is 18.8. The van der Waals surface area contributed by atoms with E-state index in [9.17, 15) is 15.0 Å². The number of rotatable bonds is 9. The van der Waals surface area contributed by atoms with Crippen molar-refractivity contribution in [2.45, 2.75) is 64.9 Å². The number of amides is 1. The van der Waals surface area contributed by atoms with Crippen molar-refractivity contribution in [1.82, 2.24) is 20.0 Å². The second kappa shape index (κ2) is 11.0. The van der Waals surface area contributed by atoms with Crippen LogP contribution in [0.1, 0.15) is 45.1 Å². The summed E-state index contributed by atoms with van der Waals surface area (Å²) < 4.78 is 6.63. The minimum atomic E-state index is -1.10. The maximum absolute atomic E-state index is 13.6. The van der Waals surface area contributed by atoms with Gasteiger partial charge in [0.1, 0.15) is 11.5 Å². The third-order valence-corrected chi connectivity index (χ3v) is 7.11. The zero-order valence-corrected chi connectivity index (χ0v) is 20.6. The van der Waals surface area contributed by atoms with Crippen LogP contribution >= 0.6 is 11.6 Å². The Morgan fingerprint density at radius 2 is 1.85 bits per heavy atom. The second-order valence-electron chi connectivity index (χ2n) is 8.94. The zero-order valence-electron chi connectivity index (χ0n) is 19.9. The average Bonchev–Trinajstić information content (AvgIpc) is 3.18. The molecule has 4 rings (SSSR count). The standard InChI is InChI=1S/C25H35ClN4O4/c1-3-18-8-5-6-9-20(18)34-24-27-22-21(30(24)16-17-10-12-19(26)13-11-17)23(32)29(14-7-15-31)25(33)28(22)4-2/h5-6,10-13,18,20,24-25,27,31,33H,3-4,7-9,14-16H2,1-2H3. The van der Waals surface area contributed by atoms with E-state index in [1.807, 2.05) is 36.1 Å². The Balaban J connectivity index is 1.67. The van der Waals surface area contributed by atoms with Gasteiger partial charge in [0, 0.05) is 31.3 Å². The first-order chi connectivity index (χ1) is 16.5. The van der Waals surface area contributed by atoms with E-state index in [2.05, 4.69) is 24.4 Å². The number of nitrogens with zero attached hydrogens (tertiary/aromatic N) is 3. The fourth-order valence-electron chi connectivity index (χ4n) is 4.93. The van der Waals surface area contributed by atoms with Crippen molar-refractivity contribution in [3.05, 3.63) is 58.5 Å². The third kappa shape index (κ3) is 4.91. The van der Waals surface area contributed by atoms with Crippen molar-refractivity contribution in [1.29, 1.82) is 0 Å². The highest BCUT2D eigenvalue weighted by Crippen LogP contribution is 2.35. The van der Waals surface area contributed by atoms with Crippen molar-refractivity contribution < 1.29 is 19.7 Å². The molecule has 0 bridgehead atoms. The van der Waals surface area contributed by atoms with E-state index in [0.717, 1.165) is 24.8 Å². The van der Waals surface area contributed by atoms with Gasteiger partial charge in [-0.3, -0.25) is 9.69 Å². The number of carbonyl (C=O) groups is 1. The van der Waals surface area contributed by atoms with Gasteiger partial charge in [0.05, 0.1) is 6.10 Å². The van der Waals surface area contributed by atoms with E-state index in [-0.39, 0.29) is 25.2 Å². The Bertz CT molecular complexity index is 922. The predicted octanol–water partition coefficient (Wildman–Crippen LogP) is 2.78. The smallest absolute Gasteiger partial charge is 0.277 e. The number of aliphatic hydroxyl groups is 2. The largest absolute Gasteiger partial charge is 0.396 e. The van der Waals surface area contributed by atoms with E-state index in [1.165, 1.54) is 4.90 Å². The van der Waals surface area contributed by atoms with Crippen LogP contribution in [0.4, 0.5) is 0 Å². The van der Waals surface area contributed by atoms with Gasteiger partial charge in [0.2, 0.25) is 12.7 Å². The molecule has 186 valence electrons. The topological polar surface area (TPSA) is 88.5 Å². The summed E-state index contributed by atoms with van der Waals surface area (Å²) in [6, 6.07) is 7.56. The van der Waals surface area contributed by atoms with Crippen LogP contribution in [0.5, 0.6) is 0 Å². The van der Waals surface area contributed by atoms with E-state index >= 15 is 0 Å². The lowest BCUT2D eigenvalue weighted by molar-refractivity contribution is -0.158. The summed E-state index contributed by atoms with van der Waals surface area (Å²) in [5, 5.41) is 24.3. The third-order valence-electron chi connectivity index (χ3n) is 6.85. The molecule has 0 spiro atoms. The maximum Gasteiger partial charge on any atom is 0.277 e. The van der Waals surface area contributed by atoms with Gasteiger partial charge in [-0.1, -0.05) is 49.2 Å². The molecule has 0 saturated carbocycles. The van der Waals surface area contributed by atoms with Crippen molar-refractivity contribution in [2.24, 2.45) is 5.92 Å². The van der Waals surface area contributed by atoms with Gasteiger partial charge in [-0.05, 0) is 49.8 Å². The lowest BCUT2D eigenvalue weighted by atomic mass is 9.89. The number of ether oxygens (including phenoxy) is 1. The molecule has 1 aromatic rings. The lowest BCUT2D eigenvalue weighted by Gasteiger charge is -2.41. The second-order valence-corrected chi connectivity index (χ2v) is 9.38. The minimum absolute atomic E-state index is 0.0298. The molecule has 2 heterocycles. The van der Waals surface area contributed by atoms with Gasteiger partial charge in [0.25, 0.3) is 5.91 Å². The SMILES string of the molecule is CCC1CC=CCC1OC1NC2=C(C(=O)N(CCCO)C(O)N2CC)N1Cc1ccc(Cl)cc1. The van der Waals surface area contributed by atoms with Crippen LogP contribution in [0.3, 0.4) is 0 Å². The van der Waals surface area contributed by atoms with Crippen LogP contribution in [0.2, 0.25) is 5.02 Å². The molecular weight excluding hydrogens is 456 g/mol.